The fourth-order valence-electron chi connectivity index (χ4n) is 1.25. The van der Waals surface area contributed by atoms with Gasteiger partial charge in [0.05, 0.1) is 11.8 Å². The molecule has 0 aromatic heterocycles. The van der Waals surface area contributed by atoms with Crippen LogP contribution < -0.4 is 10.1 Å². The first-order valence-electron chi connectivity index (χ1n) is 5.46. The fraction of sp³-hybridized carbons (Fsp3) is 0.231. The Labute approximate surface area is 105 Å². The minimum Gasteiger partial charge on any atom is -0.489 e. The number of nitrogens with one attached hydrogen (secondary N) is 1. The van der Waals surface area contributed by atoms with Gasteiger partial charge in [0.25, 0.3) is 0 Å². The summed E-state index contributed by atoms with van der Waals surface area (Å²) in [5, 5.41) is 11.0. The Balaban J connectivity index is 2.77. The Kier molecular flexibility index (Phi) is 4.92. The predicted molar refractivity (Wildman–Crippen MR) is 67.6 cm³/mol. The zero-order chi connectivity index (χ0) is 13.5. The quantitative estimate of drug-likeness (QED) is 0.783. The van der Waals surface area contributed by atoms with Gasteiger partial charge in [-0.2, -0.15) is 0 Å². The summed E-state index contributed by atoms with van der Waals surface area (Å²) < 4.78 is 5.52. The molecule has 0 aliphatic carbocycles. The second-order valence-electron chi connectivity index (χ2n) is 3.82. The summed E-state index contributed by atoms with van der Waals surface area (Å²) >= 11 is 0. The molecule has 0 unspecified atom stereocenters. The van der Waals surface area contributed by atoms with E-state index < -0.39 is 11.9 Å². The highest BCUT2D eigenvalue weighted by molar-refractivity contribution is 6.03. The van der Waals surface area contributed by atoms with Gasteiger partial charge in [-0.15, -0.1) is 0 Å². The van der Waals surface area contributed by atoms with Crippen molar-refractivity contribution in [2.45, 2.75) is 20.0 Å². The normalized spacial score (nSPS) is 10.6. The summed E-state index contributed by atoms with van der Waals surface area (Å²) in [7, 11) is 0. The predicted octanol–water partition coefficient (Wildman–Crippen LogP) is 2.05. The van der Waals surface area contributed by atoms with Crippen molar-refractivity contribution in [1.82, 2.24) is 0 Å². The van der Waals surface area contributed by atoms with E-state index in [1.54, 1.807) is 24.3 Å². The first-order chi connectivity index (χ1) is 8.49. The average molecular weight is 249 g/mol. The van der Waals surface area contributed by atoms with Crippen LogP contribution in [0, 0.1) is 0 Å². The molecule has 0 heterocycles. The Hall–Kier alpha value is -2.30. The van der Waals surface area contributed by atoms with E-state index in [0.29, 0.717) is 11.4 Å². The Morgan fingerprint density at radius 1 is 1.28 bits per heavy atom. The molecule has 18 heavy (non-hydrogen) atoms. The van der Waals surface area contributed by atoms with Crippen molar-refractivity contribution in [3.05, 3.63) is 36.4 Å². The van der Waals surface area contributed by atoms with E-state index in [4.69, 9.17) is 9.84 Å². The summed E-state index contributed by atoms with van der Waals surface area (Å²) in [6, 6.07) is 6.96. The lowest BCUT2D eigenvalue weighted by Crippen LogP contribution is -2.12. The van der Waals surface area contributed by atoms with Crippen LogP contribution in [0.25, 0.3) is 0 Å². The van der Waals surface area contributed by atoms with Gasteiger partial charge in [0, 0.05) is 12.2 Å². The maximum absolute atomic E-state index is 11.4. The number of carboxylic acids is 1. The average Bonchev–Trinajstić information content (AvgIpc) is 2.28. The van der Waals surface area contributed by atoms with Gasteiger partial charge >= 0.3 is 5.97 Å². The fourth-order valence-corrected chi connectivity index (χ4v) is 1.25. The second kappa shape index (κ2) is 6.44. The molecule has 5 nitrogen and oxygen atoms in total. The number of amides is 1. The number of ether oxygens (including phenoxy) is 1. The highest BCUT2D eigenvalue weighted by Gasteiger charge is 2.06. The number of hydrogen-bond acceptors (Lipinski definition) is 3. The number of hydrogen-bond donors (Lipinski definition) is 2. The molecule has 0 aliphatic heterocycles. The number of carboxylic acid groups (broad SMARTS) is 1. The molecule has 1 aromatic carbocycles. The van der Waals surface area contributed by atoms with Crippen molar-refractivity contribution >= 4 is 17.6 Å². The highest BCUT2D eigenvalue weighted by atomic mass is 16.5. The van der Waals surface area contributed by atoms with Crippen molar-refractivity contribution in [2.75, 3.05) is 5.32 Å². The Morgan fingerprint density at radius 2 is 1.94 bits per heavy atom. The Morgan fingerprint density at radius 3 is 2.56 bits per heavy atom. The van der Waals surface area contributed by atoms with Crippen LogP contribution in [0.4, 0.5) is 5.69 Å². The third-order valence-electron chi connectivity index (χ3n) is 1.88. The molecular formula is C13H15NO4. The van der Waals surface area contributed by atoms with Crippen LogP contribution >= 0.6 is 0 Å². The number of benzene rings is 1. The monoisotopic (exact) mass is 249 g/mol. The second-order valence-corrected chi connectivity index (χ2v) is 3.82. The van der Waals surface area contributed by atoms with Gasteiger partial charge in [0.1, 0.15) is 5.75 Å². The van der Waals surface area contributed by atoms with Gasteiger partial charge in [-0.05, 0) is 26.0 Å². The molecule has 0 spiro atoms. The molecule has 96 valence electrons. The molecule has 0 aliphatic rings. The largest absolute Gasteiger partial charge is 0.489 e. The molecule has 0 atom stereocenters. The van der Waals surface area contributed by atoms with Crippen molar-refractivity contribution in [2.24, 2.45) is 0 Å². The summed E-state index contributed by atoms with van der Waals surface area (Å²) in [6.45, 7) is 3.76. The van der Waals surface area contributed by atoms with Crippen LogP contribution in [0.1, 0.15) is 13.8 Å². The van der Waals surface area contributed by atoms with Gasteiger partial charge in [-0.3, -0.25) is 4.79 Å². The van der Waals surface area contributed by atoms with Crippen LogP contribution in [0.3, 0.4) is 0 Å². The first kappa shape index (κ1) is 13.8. The van der Waals surface area contributed by atoms with E-state index >= 15 is 0 Å². The number of carbonyl (C=O) groups is 2. The zero-order valence-corrected chi connectivity index (χ0v) is 10.2. The topological polar surface area (TPSA) is 75.6 Å². The van der Waals surface area contributed by atoms with Crippen LogP contribution in [-0.2, 0) is 9.59 Å². The summed E-state index contributed by atoms with van der Waals surface area (Å²) in [5.41, 5.74) is 0.506. The van der Waals surface area contributed by atoms with Gasteiger partial charge in [0.15, 0.2) is 0 Å². The smallest absolute Gasteiger partial charge is 0.328 e. The van der Waals surface area contributed by atoms with Crippen LogP contribution in [-0.4, -0.2) is 23.1 Å². The standard InChI is InChI=1S/C13H15NO4/c1-9(2)18-11-6-4-3-5-10(11)14-12(15)7-8-13(16)17/h3-9H,1-2H3,(H,14,15)(H,16,17)/b8-7-. The third kappa shape index (κ3) is 4.69. The molecule has 1 rings (SSSR count). The van der Waals surface area contributed by atoms with E-state index in [2.05, 4.69) is 5.32 Å². The number of rotatable bonds is 5. The van der Waals surface area contributed by atoms with E-state index in [0.717, 1.165) is 12.2 Å². The van der Waals surface area contributed by atoms with Gasteiger partial charge in [-0.1, -0.05) is 12.1 Å². The number of aliphatic carboxylic acids is 1. The van der Waals surface area contributed by atoms with Gasteiger partial charge in [-0.25, -0.2) is 4.79 Å². The van der Waals surface area contributed by atoms with E-state index in [-0.39, 0.29) is 6.10 Å². The molecule has 1 aromatic rings. The maximum Gasteiger partial charge on any atom is 0.328 e. The van der Waals surface area contributed by atoms with Crippen molar-refractivity contribution in [3.8, 4) is 5.75 Å². The van der Waals surface area contributed by atoms with E-state index in [1.165, 1.54) is 0 Å². The maximum atomic E-state index is 11.4. The molecular weight excluding hydrogens is 234 g/mol. The molecule has 5 heteroatoms. The van der Waals surface area contributed by atoms with Crippen LogP contribution in [0.5, 0.6) is 5.75 Å². The summed E-state index contributed by atoms with van der Waals surface area (Å²) in [5.74, 6) is -1.14. The highest BCUT2D eigenvalue weighted by Crippen LogP contribution is 2.24. The third-order valence-corrected chi connectivity index (χ3v) is 1.88. The van der Waals surface area contributed by atoms with E-state index in [1.807, 2.05) is 13.8 Å². The molecule has 0 saturated carbocycles. The van der Waals surface area contributed by atoms with E-state index in [9.17, 15) is 9.59 Å². The number of anilines is 1. The van der Waals surface area contributed by atoms with Crippen molar-refractivity contribution in [1.29, 1.82) is 0 Å². The SMILES string of the molecule is CC(C)Oc1ccccc1NC(=O)/C=C\C(=O)O. The minimum atomic E-state index is -1.17. The van der Waals surface area contributed by atoms with Crippen LogP contribution in [0.15, 0.2) is 36.4 Å². The summed E-state index contributed by atoms with van der Waals surface area (Å²) in [4.78, 5) is 21.7. The molecule has 1 amide bonds. The molecule has 0 radical (unpaired) electrons. The van der Waals surface area contributed by atoms with Crippen molar-refractivity contribution in [3.63, 3.8) is 0 Å². The van der Waals surface area contributed by atoms with Crippen molar-refractivity contribution < 1.29 is 19.4 Å². The zero-order valence-electron chi connectivity index (χ0n) is 10.2. The number of para-hydroxylation sites is 2. The lowest BCUT2D eigenvalue weighted by molar-refractivity contribution is -0.131. The molecule has 2 N–H and O–H groups in total. The molecule has 0 fully saturated rings. The molecule has 0 saturated heterocycles. The summed E-state index contributed by atoms with van der Waals surface area (Å²) in [6.07, 6.45) is 1.72. The number of carbonyl (C=O) groups excluding carboxylic acids is 1. The minimum absolute atomic E-state index is 0.0161. The lowest BCUT2D eigenvalue weighted by atomic mass is 10.3. The van der Waals surface area contributed by atoms with Gasteiger partial charge in [0.2, 0.25) is 5.91 Å². The first-order valence-corrected chi connectivity index (χ1v) is 5.46. The van der Waals surface area contributed by atoms with Gasteiger partial charge < -0.3 is 15.2 Å². The Bertz CT molecular complexity index is 466. The lowest BCUT2D eigenvalue weighted by Gasteiger charge is -2.13. The molecule has 0 bridgehead atoms. The van der Waals surface area contributed by atoms with Crippen LogP contribution in [0.2, 0.25) is 0 Å².